The molecule has 2 aromatic carbocycles. The van der Waals surface area contributed by atoms with Crippen LogP contribution in [0.1, 0.15) is 37.4 Å². The summed E-state index contributed by atoms with van der Waals surface area (Å²) in [7, 11) is 0. The van der Waals surface area contributed by atoms with Gasteiger partial charge in [-0.05, 0) is 29.5 Å². The van der Waals surface area contributed by atoms with Crippen molar-refractivity contribution in [3.8, 4) is 0 Å². The number of fused-ring (bicyclic) bond motifs is 1. The SMILES string of the molecule is CC(C)C(NC(=O)CCc1c[nH]c2ccccc12)c1ccccc1. The van der Waals surface area contributed by atoms with Gasteiger partial charge in [-0.3, -0.25) is 4.79 Å². The van der Waals surface area contributed by atoms with Crippen molar-refractivity contribution in [1.82, 2.24) is 10.3 Å². The normalized spacial score (nSPS) is 12.5. The first-order chi connectivity index (χ1) is 11.6. The van der Waals surface area contributed by atoms with E-state index < -0.39 is 0 Å². The van der Waals surface area contributed by atoms with Gasteiger partial charge in [0.1, 0.15) is 0 Å². The summed E-state index contributed by atoms with van der Waals surface area (Å²) in [6, 6.07) is 18.4. The number of aromatic nitrogens is 1. The van der Waals surface area contributed by atoms with Crippen molar-refractivity contribution in [2.45, 2.75) is 32.7 Å². The van der Waals surface area contributed by atoms with Crippen molar-refractivity contribution in [3.63, 3.8) is 0 Å². The zero-order valence-corrected chi connectivity index (χ0v) is 14.3. The second-order valence-electron chi connectivity index (χ2n) is 6.56. The highest BCUT2D eigenvalue weighted by Crippen LogP contribution is 2.22. The van der Waals surface area contributed by atoms with E-state index in [9.17, 15) is 4.79 Å². The topological polar surface area (TPSA) is 44.9 Å². The number of rotatable bonds is 6. The summed E-state index contributed by atoms with van der Waals surface area (Å²) < 4.78 is 0. The van der Waals surface area contributed by atoms with E-state index in [1.807, 2.05) is 36.5 Å². The van der Waals surface area contributed by atoms with Gasteiger partial charge in [-0.15, -0.1) is 0 Å². The van der Waals surface area contributed by atoms with Crippen LogP contribution in [-0.2, 0) is 11.2 Å². The standard InChI is InChI=1S/C21H24N2O/c1-15(2)21(16-8-4-3-5-9-16)23-20(24)13-12-17-14-22-19-11-7-6-10-18(17)19/h3-11,14-15,21-22H,12-13H2,1-2H3,(H,23,24). The van der Waals surface area contributed by atoms with Crippen molar-refractivity contribution in [2.24, 2.45) is 5.92 Å². The first-order valence-electron chi connectivity index (χ1n) is 8.54. The Hall–Kier alpha value is -2.55. The third kappa shape index (κ3) is 3.67. The molecule has 0 aliphatic rings. The largest absolute Gasteiger partial charge is 0.361 e. The first kappa shape index (κ1) is 16.3. The molecular formula is C21H24N2O. The third-order valence-corrected chi connectivity index (χ3v) is 4.44. The molecule has 124 valence electrons. The number of aryl methyl sites for hydroxylation is 1. The highest BCUT2D eigenvalue weighted by molar-refractivity contribution is 5.84. The number of para-hydroxylation sites is 1. The summed E-state index contributed by atoms with van der Waals surface area (Å²) in [6.45, 7) is 4.27. The molecule has 3 rings (SSSR count). The first-order valence-corrected chi connectivity index (χ1v) is 8.54. The van der Waals surface area contributed by atoms with Gasteiger partial charge in [-0.25, -0.2) is 0 Å². The van der Waals surface area contributed by atoms with E-state index in [4.69, 9.17) is 0 Å². The van der Waals surface area contributed by atoms with Gasteiger partial charge in [0.2, 0.25) is 5.91 Å². The van der Waals surface area contributed by atoms with Crippen LogP contribution in [0.3, 0.4) is 0 Å². The fourth-order valence-corrected chi connectivity index (χ4v) is 3.13. The number of benzene rings is 2. The Bertz CT molecular complexity index is 805. The molecule has 0 radical (unpaired) electrons. The molecule has 1 amide bonds. The van der Waals surface area contributed by atoms with Crippen molar-refractivity contribution in [1.29, 1.82) is 0 Å². The van der Waals surface area contributed by atoms with Crippen LogP contribution in [0.15, 0.2) is 60.8 Å². The molecular weight excluding hydrogens is 296 g/mol. The fraction of sp³-hybridized carbons (Fsp3) is 0.286. The molecule has 0 fully saturated rings. The summed E-state index contributed by atoms with van der Waals surface area (Å²) in [5.41, 5.74) is 3.48. The van der Waals surface area contributed by atoms with Gasteiger partial charge in [-0.1, -0.05) is 62.4 Å². The monoisotopic (exact) mass is 320 g/mol. The molecule has 1 heterocycles. The average Bonchev–Trinajstić information content (AvgIpc) is 3.01. The van der Waals surface area contributed by atoms with E-state index >= 15 is 0 Å². The predicted molar refractivity (Wildman–Crippen MR) is 98.8 cm³/mol. The van der Waals surface area contributed by atoms with Crippen molar-refractivity contribution in [2.75, 3.05) is 0 Å². The van der Waals surface area contributed by atoms with Crippen LogP contribution in [-0.4, -0.2) is 10.9 Å². The zero-order valence-electron chi connectivity index (χ0n) is 14.3. The molecule has 1 aromatic heterocycles. The molecule has 0 saturated carbocycles. The molecule has 0 spiro atoms. The predicted octanol–water partition coefficient (Wildman–Crippen LogP) is 4.61. The number of hydrogen-bond donors (Lipinski definition) is 2. The quantitative estimate of drug-likeness (QED) is 0.684. The highest BCUT2D eigenvalue weighted by atomic mass is 16.1. The van der Waals surface area contributed by atoms with E-state index in [2.05, 4.69) is 48.4 Å². The maximum Gasteiger partial charge on any atom is 0.220 e. The summed E-state index contributed by atoms with van der Waals surface area (Å²) in [6.07, 6.45) is 3.25. The number of nitrogens with one attached hydrogen (secondary N) is 2. The number of H-pyrrole nitrogens is 1. The highest BCUT2D eigenvalue weighted by Gasteiger charge is 2.18. The molecule has 24 heavy (non-hydrogen) atoms. The second kappa shape index (κ2) is 7.35. The van der Waals surface area contributed by atoms with E-state index in [0.717, 1.165) is 17.5 Å². The Kier molecular flexibility index (Phi) is 4.99. The number of carbonyl (C=O) groups is 1. The fourth-order valence-electron chi connectivity index (χ4n) is 3.13. The van der Waals surface area contributed by atoms with E-state index in [-0.39, 0.29) is 11.9 Å². The minimum atomic E-state index is 0.0571. The van der Waals surface area contributed by atoms with Gasteiger partial charge < -0.3 is 10.3 Å². The number of carbonyl (C=O) groups excluding carboxylic acids is 1. The lowest BCUT2D eigenvalue weighted by atomic mass is 9.96. The summed E-state index contributed by atoms with van der Waals surface area (Å²) >= 11 is 0. The molecule has 3 aromatic rings. The van der Waals surface area contributed by atoms with Gasteiger partial charge in [0.15, 0.2) is 0 Å². The lowest BCUT2D eigenvalue weighted by molar-refractivity contribution is -0.122. The molecule has 1 unspecified atom stereocenters. The van der Waals surface area contributed by atoms with Gasteiger partial charge in [0, 0.05) is 23.5 Å². The van der Waals surface area contributed by atoms with Gasteiger partial charge >= 0.3 is 0 Å². The van der Waals surface area contributed by atoms with Crippen LogP contribution in [0.2, 0.25) is 0 Å². The van der Waals surface area contributed by atoms with Gasteiger partial charge in [-0.2, -0.15) is 0 Å². The van der Waals surface area contributed by atoms with Crippen LogP contribution in [0.4, 0.5) is 0 Å². The average molecular weight is 320 g/mol. The zero-order chi connectivity index (χ0) is 16.9. The Balaban J connectivity index is 1.64. The molecule has 2 N–H and O–H groups in total. The second-order valence-corrected chi connectivity index (χ2v) is 6.56. The maximum atomic E-state index is 12.4. The molecule has 3 heteroatoms. The number of hydrogen-bond acceptors (Lipinski definition) is 1. The van der Waals surface area contributed by atoms with Crippen molar-refractivity contribution >= 4 is 16.8 Å². The Morgan fingerprint density at radius 2 is 1.75 bits per heavy atom. The van der Waals surface area contributed by atoms with Crippen LogP contribution in [0, 0.1) is 5.92 Å². The number of amides is 1. The smallest absolute Gasteiger partial charge is 0.220 e. The molecule has 1 atom stereocenters. The Morgan fingerprint density at radius 3 is 2.50 bits per heavy atom. The van der Waals surface area contributed by atoms with E-state index in [1.54, 1.807) is 0 Å². The lowest BCUT2D eigenvalue weighted by Crippen LogP contribution is -2.31. The van der Waals surface area contributed by atoms with Crippen molar-refractivity contribution in [3.05, 3.63) is 71.9 Å². The summed E-state index contributed by atoms with van der Waals surface area (Å²) in [5, 5.41) is 4.40. The van der Waals surface area contributed by atoms with Crippen LogP contribution < -0.4 is 5.32 Å². The van der Waals surface area contributed by atoms with E-state index in [0.29, 0.717) is 12.3 Å². The van der Waals surface area contributed by atoms with Gasteiger partial charge in [0.05, 0.1) is 6.04 Å². The molecule has 0 aliphatic heterocycles. The van der Waals surface area contributed by atoms with Crippen LogP contribution >= 0.6 is 0 Å². The Labute approximate surface area is 143 Å². The number of aromatic amines is 1. The lowest BCUT2D eigenvalue weighted by Gasteiger charge is -2.23. The van der Waals surface area contributed by atoms with Crippen LogP contribution in [0.5, 0.6) is 0 Å². The minimum Gasteiger partial charge on any atom is -0.361 e. The van der Waals surface area contributed by atoms with Crippen molar-refractivity contribution < 1.29 is 4.79 Å². The summed E-state index contributed by atoms with van der Waals surface area (Å²) in [4.78, 5) is 15.7. The van der Waals surface area contributed by atoms with Crippen LogP contribution in [0.25, 0.3) is 10.9 Å². The molecule has 0 saturated heterocycles. The molecule has 3 nitrogen and oxygen atoms in total. The molecule has 0 aliphatic carbocycles. The maximum absolute atomic E-state index is 12.4. The minimum absolute atomic E-state index is 0.0571. The van der Waals surface area contributed by atoms with Gasteiger partial charge in [0.25, 0.3) is 0 Å². The molecule has 0 bridgehead atoms. The van der Waals surface area contributed by atoms with E-state index in [1.165, 1.54) is 10.9 Å². The Morgan fingerprint density at radius 1 is 1.04 bits per heavy atom. The summed E-state index contributed by atoms with van der Waals surface area (Å²) in [5.74, 6) is 0.451. The third-order valence-electron chi connectivity index (χ3n) is 4.44.